The summed E-state index contributed by atoms with van der Waals surface area (Å²) in [6.07, 6.45) is 1.69. The normalized spacial score (nSPS) is 21.9. The maximum absolute atomic E-state index is 13.2. The van der Waals surface area contributed by atoms with Gasteiger partial charge in [0.15, 0.2) is 5.65 Å². The number of hydrogen-bond acceptors (Lipinski definition) is 7. The molecule has 4 heterocycles. The maximum atomic E-state index is 13.2. The monoisotopic (exact) mass is 465 g/mol. The average Bonchev–Trinajstić information content (AvgIpc) is 3.16. The highest BCUT2D eigenvalue weighted by Crippen LogP contribution is 2.33. The molecule has 4 rings (SSSR count). The van der Waals surface area contributed by atoms with Gasteiger partial charge in [0, 0.05) is 18.9 Å². The Bertz CT molecular complexity index is 1140. The summed E-state index contributed by atoms with van der Waals surface area (Å²) in [7, 11) is -1.14. The fraction of sp³-hybridized carbons (Fsp3) is 0.500. The standard InChI is InChI=1S/C20H25F2N7O2S/c1-12-16(9-26-32(4)30)31-10-20(2,3)28(12)18-7-14(24-11-25-18)15-8-23-17-6-5-13(19(21)22)27-29(15)17/h5-8,11-12,16,19,26H,9-10H2,1-4H3. The van der Waals surface area contributed by atoms with E-state index in [0.717, 1.165) is 0 Å². The summed E-state index contributed by atoms with van der Waals surface area (Å²) in [4.78, 5) is 15.2. The number of rotatable bonds is 6. The van der Waals surface area contributed by atoms with Crippen molar-refractivity contribution in [2.24, 2.45) is 0 Å². The molecule has 0 spiro atoms. The Balaban J connectivity index is 1.71. The Labute approximate surface area is 186 Å². The molecule has 9 nitrogen and oxygen atoms in total. The van der Waals surface area contributed by atoms with Gasteiger partial charge in [0.25, 0.3) is 6.43 Å². The van der Waals surface area contributed by atoms with E-state index in [1.165, 1.54) is 23.0 Å². The first-order valence-corrected chi connectivity index (χ1v) is 11.7. The number of anilines is 1. The fourth-order valence-electron chi connectivity index (χ4n) is 3.98. The number of hydrogen-bond donors (Lipinski definition) is 1. The third-order valence-electron chi connectivity index (χ3n) is 5.50. The molecule has 1 fully saturated rings. The quantitative estimate of drug-likeness (QED) is 0.597. The Morgan fingerprint density at radius 2 is 2.09 bits per heavy atom. The molecule has 3 unspecified atom stereocenters. The number of morpholine rings is 1. The Morgan fingerprint density at radius 3 is 2.81 bits per heavy atom. The van der Waals surface area contributed by atoms with Crippen molar-refractivity contribution in [2.75, 3.05) is 24.3 Å². The van der Waals surface area contributed by atoms with Gasteiger partial charge in [-0.15, -0.1) is 0 Å². The second-order valence-electron chi connectivity index (χ2n) is 8.31. The molecule has 0 aliphatic carbocycles. The Hall–Kier alpha value is -2.57. The first kappa shape index (κ1) is 22.6. The van der Waals surface area contributed by atoms with Gasteiger partial charge in [0.1, 0.15) is 23.5 Å². The van der Waals surface area contributed by atoms with E-state index in [1.54, 1.807) is 18.5 Å². The second kappa shape index (κ2) is 8.75. The molecule has 3 aromatic rings. The van der Waals surface area contributed by atoms with Crippen molar-refractivity contribution < 1.29 is 17.7 Å². The lowest BCUT2D eigenvalue weighted by Gasteiger charge is -2.50. The number of ether oxygens (including phenoxy) is 1. The molecule has 1 aliphatic rings. The van der Waals surface area contributed by atoms with Crippen LogP contribution in [0.25, 0.3) is 17.0 Å². The number of alkyl halides is 2. The van der Waals surface area contributed by atoms with Crippen molar-refractivity contribution >= 4 is 22.5 Å². The number of nitrogens with one attached hydrogen (secondary N) is 1. The lowest BCUT2D eigenvalue weighted by Crippen LogP contribution is -2.63. The van der Waals surface area contributed by atoms with Crippen molar-refractivity contribution in [1.82, 2.24) is 29.3 Å². The molecular weight excluding hydrogens is 440 g/mol. The van der Waals surface area contributed by atoms with Crippen molar-refractivity contribution in [3.63, 3.8) is 0 Å². The molecule has 172 valence electrons. The predicted molar refractivity (Wildman–Crippen MR) is 117 cm³/mol. The van der Waals surface area contributed by atoms with Gasteiger partial charge >= 0.3 is 0 Å². The molecule has 1 aliphatic heterocycles. The third kappa shape index (κ3) is 4.34. The van der Waals surface area contributed by atoms with E-state index < -0.39 is 17.4 Å². The zero-order chi connectivity index (χ0) is 23.0. The van der Waals surface area contributed by atoms with Crippen LogP contribution in [-0.2, 0) is 15.7 Å². The van der Waals surface area contributed by atoms with Gasteiger partial charge in [0.2, 0.25) is 0 Å². The molecule has 3 atom stereocenters. The van der Waals surface area contributed by atoms with Gasteiger partial charge in [-0.05, 0) is 32.9 Å². The minimum atomic E-state index is -2.69. The topological polar surface area (TPSA) is 97.5 Å². The van der Waals surface area contributed by atoms with Gasteiger partial charge in [-0.3, -0.25) is 0 Å². The summed E-state index contributed by atoms with van der Waals surface area (Å²) in [5.41, 5.74) is 0.749. The van der Waals surface area contributed by atoms with Crippen molar-refractivity contribution in [3.05, 3.63) is 36.4 Å². The summed E-state index contributed by atoms with van der Waals surface area (Å²) >= 11 is 0. The van der Waals surface area contributed by atoms with Crippen LogP contribution in [-0.4, -0.2) is 65.9 Å². The summed E-state index contributed by atoms with van der Waals surface area (Å²) in [5, 5.41) is 4.02. The lowest BCUT2D eigenvalue weighted by atomic mass is 9.95. The summed E-state index contributed by atoms with van der Waals surface area (Å²) in [5.74, 6) is 0.665. The number of imidazole rings is 1. The minimum Gasteiger partial charge on any atom is -0.372 e. The minimum absolute atomic E-state index is 0.0803. The molecule has 0 radical (unpaired) electrons. The number of fused-ring (bicyclic) bond motifs is 1. The van der Waals surface area contributed by atoms with Crippen LogP contribution in [0.2, 0.25) is 0 Å². The van der Waals surface area contributed by atoms with Crippen molar-refractivity contribution in [2.45, 2.75) is 44.9 Å². The SMILES string of the molecule is CC1C(CNS(C)=O)OCC(C)(C)N1c1cc(-c2cnc3ccc(C(F)F)nn23)ncn1. The van der Waals surface area contributed by atoms with Crippen LogP contribution in [0.1, 0.15) is 32.9 Å². The zero-order valence-corrected chi connectivity index (χ0v) is 19.0. The predicted octanol–water partition coefficient (Wildman–Crippen LogP) is 2.38. The molecule has 0 saturated carbocycles. The van der Waals surface area contributed by atoms with E-state index in [-0.39, 0.29) is 23.4 Å². The number of aromatic nitrogens is 5. The summed E-state index contributed by atoms with van der Waals surface area (Å²) in [6, 6.07) is 4.48. The van der Waals surface area contributed by atoms with E-state index in [2.05, 4.69) is 43.5 Å². The highest BCUT2D eigenvalue weighted by molar-refractivity contribution is 7.82. The molecule has 32 heavy (non-hydrogen) atoms. The van der Waals surface area contributed by atoms with Crippen LogP contribution in [0, 0.1) is 0 Å². The van der Waals surface area contributed by atoms with Crippen LogP contribution >= 0.6 is 0 Å². The molecule has 1 N–H and O–H groups in total. The van der Waals surface area contributed by atoms with Gasteiger partial charge < -0.3 is 9.64 Å². The number of nitrogens with zero attached hydrogens (tertiary/aromatic N) is 6. The van der Waals surface area contributed by atoms with Crippen LogP contribution in [0.4, 0.5) is 14.6 Å². The van der Waals surface area contributed by atoms with E-state index in [0.29, 0.717) is 36.0 Å². The van der Waals surface area contributed by atoms with Crippen LogP contribution in [0.3, 0.4) is 0 Å². The molecule has 0 bridgehead atoms. The molecule has 12 heteroatoms. The first-order valence-electron chi connectivity index (χ1n) is 10.1. The van der Waals surface area contributed by atoms with Gasteiger partial charge in [-0.1, -0.05) is 0 Å². The molecular formula is C20H25F2N7O2S. The molecule has 3 aromatic heterocycles. The Morgan fingerprint density at radius 1 is 1.31 bits per heavy atom. The van der Waals surface area contributed by atoms with Crippen LogP contribution < -0.4 is 9.62 Å². The lowest BCUT2D eigenvalue weighted by molar-refractivity contribution is -0.0238. The van der Waals surface area contributed by atoms with Crippen LogP contribution in [0.5, 0.6) is 0 Å². The van der Waals surface area contributed by atoms with Crippen molar-refractivity contribution in [1.29, 1.82) is 0 Å². The van der Waals surface area contributed by atoms with E-state index in [4.69, 9.17) is 4.74 Å². The Kier molecular flexibility index (Phi) is 6.19. The van der Waals surface area contributed by atoms with Gasteiger partial charge in [0.05, 0.1) is 47.2 Å². The average molecular weight is 466 g/mol. The first-order chi connectivity index (χ1) is 15.2. The van der Waals surface area contributed by atoms with E-state index in [9.17, 15) is 13.0 Å². The fourth-order valence-corrected chi connectivity index (χ4v) is 4.38. The van der Waals surface area contributed by atoms with Gasteiger partial charge in [-0.25, -0.2) is 37.2 Å². The molecule has 1 saturated heterocycles. The smallest absolute Gasteiger partial charge is 0.282 e. The zero-order valence-electron chi connectivity index (χ0n) is 18.2. The molecule has 0 amide bonds. The van der Waals surface area contributed by atoms with E-state index >= 15 is 0 Å². The summed E-state index contributed by atoms with van der Waals surface area (Å²) < 4.78 is 48.1. The maximum Gasteiger partial charge on any atom is 0.282 e. The number of halogens is 2. The summed E-state index contributed by atoms with van der Waals surface area (Å²) in [6.45, 7) is 7.02. The molecule has 0 aromatic carbocycles. The second-order valence-corrected chi connectivity index (χ2v) is 9.51. The largest absolute Gasteiger partial charge is 0.372 e. The van der Waals surface area contributed by atoms with Crippen LogP contribution in [0.15, 0.2) is 30.7 Å². The highest BCUT2D eigenvalue weighted by Gasteiger charge is 2.41. The third-order valence-corrected chi connectivity index (χ3v) is 6.08. The van der Waals surface area contributed by atoms with E-state index in [1.807, 2.05) is 6.92 Å². The highest BCUT2D eigenvalue weighted by atomic mass is 32.2. The van der Waals surface area contributed by atoms with Crippen molar-refractivity contribution in [3.8, 4) is 11.4 Å². The van der Waals surface area contributed by atoms with Gasteiger partial charge in [-0.2, -0.15) is 5.10 Å².